The van der Waals surface area contributed by atoms with Crippen LogP contribution in [-0.2, 0) is 0 Å². The predicted octanol–water partition coefficient (Wildman–Crippen LogP) is 10.2. The van der Waals surface area contributed by atoms with E-state index in [1.54, 1.807) is 0 Å². The Morgan fingerprint density at radius 3 is 1.90 bits per heavy atom. The molecule has 3 aromatic heterocycles. The van der Waals surface area contributed by atoms with Crippen molar-refractivity contribution in [3.8, 4) is 11.4 Å². The molecule has 39 heavy (non-hydrogen) atoms. The summed E-state index contributed by atoms with van der Waals surface area (Å²) in [5.74, 6) is 0. The minimum atomic E-state index is 1.18. The van der Waals surface area contributed by atoms with Crippen molar-refractivity contribution in [2.24, 2.45) is 0 Å². The third-order valence-corrected chi connectivity index (χ3v) is 9.24. The number of rotatable bonds is 2. The molecule has 2 nitrogen and oxygen atoms in total. The minimum Gasteiger partial charge on any atom is -0.309 e. The summed E-state index contributed by atoms with van der Waals surface area (Å²) in [5.41, 5.74) is 7.30. The monoisotopic (exact) mass is 514 g/mol. The van der Waals surface area contributed by atoms with Gasteiger partial charge in [-0.3, -0.25) is 0 Å². The predicted molar refractivity (Wildman–Crippen MR) is 168 cm³/mol. The molecule has 9 aromatic rings. The summed E-state index contributed by atoms with van der Waals surface area (Å²) in [7, 11) is 0. The molecule has 0 radical (unpaired) electrons. The van der Waals surface area contributed by atoms with Crippen molar-refractivity contribution in [2.45, 2.75) is 0 Å². The second-order valence-corrected chi connectivity index (χ2v) is 11.3. The van der Waals surface area contributed by atoms with Gasteiger partial charge in [-0.1, -0.05) is 78.9 Å². The van der Waals surface area contributed by atoms with Crippen molar-refractivity contribution in [3.63, 3.8) is 0 Å². The summed E-state index contributed by atoms with van der Waals surface area (Å²) in [5, 5.41) is 7.78. The number of hydrogen-bond donors (Lipinski definition) is 0. The van der Waals surface area contributed by atoms with Gasteiger partial charge in [-0.25, -0.2) is 0 Å². The number of benzene rings is 6. The second-order valence-electron chi connectivity index (χ2n) is 10.2. The zero-order valence-corrected chi connectivity index (χ0v) is 21.8. The summed E-state index contributed by atoms with van der Waals surface area (Å²) in [6.07, 6.45) is 0. The van der Waals surface area contributed by atoms with Gasteiger partial charge in [0, 0.05) is 47.4 Å². The highest BCUT2D eigenvalue weighted by atomic mass is 32.1. The maximum Gasteiger partial charge on any atom is 0.0562 e. The van der Waals surface area contributed by atoms with E-state index in [-0.39, 0.29) is 0 Å². The first-order valence-electron chi connectivity index (χ1n) is 13.3. The number of aromatic nitrogens is 2. The zero-order chi connectivity index (χ0) is 25.5. The fourth-order valence-electron chi connectivity index (χ4n) is 6.49. The average Bonchev–Trinajstić information content (AvgIpc) is 3.64. The Bertz CT molecular complexity index is 2390. The highest BCUT2D eigenvalue weighted by molar-refractivity contribution is 7.25. The highest BCUT2D eigenvalue weighted by Gasteiger charge is 2.20. The van der Waals surface area contributed by atoms with Crippen molar-refractivity contribution in [1.82, 2.24) is 9.13 Å². The third kappa shape index (κ3) is 2.85. The van der Waals surface area contributed by atoms with Gasteiger partial charge in [0.1, 0.15) is 0 Å². The normalized spacial score (nSPS) is 12.1. The van der Waals surface area contributed by atoms with E-state index in [1.165, 1.54) is 75.2 Å². The molecule has 9 rings (SSSR count). The van der Waals surface area contributed by atoms with Gasteiger partial charge < -0.3 is 9.13 Å². The lowest BCUT2D eigenvalue weighted by molar-refractivity contribution is 1.17. The van der Waals surface area contributed by atoms with Crippen LogP contribution in [0.2, 0.25) is 0 Å². The SMILES string of the molecule is c1ccc(-n2c3ccccc3c3c(-n4c5ccccc5c5cc6sc7ccccc7c6cc54)cccc32)cc1. The van der Waals surface area contributed by atoms with Crippen LogP contribution in [0, 0.1) is 0 Å². The first kappa shape index (κ1) is 21.1. The standard InChI is InChI=1S/C36H22N2S/c1-2-11-23(12-3-1)37-30-17-8-5-15-26(30)36-31(37)18-10-19-32(36)38-29-16-7-4-13-24(29)27-22-35-28(21-33(27)38)25-14-6-9-20-34(25)39-35/h1-22H. The largest absolute Gasteiger partial charge is 0.309 e. The fraction of sp³-hybridized carbons (Fsp3) is 0. The number of nitrogens with zero attached hydrogens (tertiary/aromatic N) is 2. The average molecular weight is 515 g/mol. The molecule has 0 bridgehead atoms. The molecular formula is C36H22N2S. The summed E-state index contributed by atoms with van der Waals surface area (Å²) in [4.78, 5) is 0. The maximum atomic E-state index is 2.49. The van der Waals surface area contributed by atoms with E-state index >= 15 is 0 Å². The van der Waals surface area contributed by atoms with Gasteiger partial charge in [0.05, 0.1) is 27.8 Å². The number of para-hydroxylation sites is 3. The van der Waals surface area contributed by atoms with E-state index in [9.17, 15) is 0 Å². The van der Waals surface area contributed by atoms with Crippen LogP contribution < -0.4 is 0 Å². The summed E-state index contributed by atoms with van der Waals surface area (Å²) >= 11 is 1.88. The molecule has 0 spiro atoms. The lowest BCUT2D eigenvalue weighted by Gasteiger charge is -2.11. The topological polar surface area (TPSA) is 9.86 Å². The Labute approximate surface area is 228 Å². The van der Waals surface area contributed by atoms with E-state index in [0.29, 0.717) is 0 Å². The van der Waals surface area contributed by atoms with Crippen LogP contribution in [0.5, 0.6) is 0 Å². The van der Waals surface area contributed by atoms with Gasteiger partial charge in [-0.05, 0) is 54.6 Å². The van der Waals surface area contributed by atoms with E-state index in [1.807, 2.05) is 11.3 Å². The van der Waals surface area contributed by atoms with Gasteiger partial charge >= 0.3 is 0 Å². The summed E-state index contributed by atoms with van der Waals surface area (Å²) < 4.78 is 7.56. The maximum absolute atomic E-state index is 2.49. The smallest absolute Gasteiger partial charge is 0.0562 e. The van der Waals surface area contributed by atoms with Crippen molar-refractivity contribution >= 4 is 75.1 Å². The molecule has 0 atom stereocenters. The lowest BCUT2D eigenvalue weighted by atomic mass is 10.1. The Hall–Kier alpha value is -4.86. The second kappa shape index (κ2) is 7.83. The molecule has 0 saturated carbocycles. The van der Waals surface area contributed by atoms with Gasteiger partial charge in [0.15, 0.2) is 0 Å². The van der Waals surface area contributed by atoms with Crippen LogP contribution in [0.25, 0.3) is 75.2 Å². The minimum absolute atomic E-state index is 1.18. The summed E-state index contributed by atoms with van der Waals surface area (Å²) in [6, 6.07) is 48.6. The van der Waals surface area contributed by atoms with Gasteiger partial charge in [0.25, 0.3) is 0 Å². The van der Waals surface area contributed by atoms with E-state index in [2.05, 4.69) is 143 Å². The molecule has 0 aliphatic heterocycles. The first-order chi connectivity index (χ1) is 19.4. The summed E-state index contributed by atoms with van der Waals surface area (Å²) in [6.45, 7) is 0. The highest BCUT2D eigenvalue weighted by Crippen LogP contribution is 2.43. The quantitative estimate of drug-likeness (QED) is 0.217. The molecular weight excluding hydrogens is 492 g/mol. The van der Waals surface area contributed by atoms with Gasteiger partial charge in [-0.15, -0.1) is 11.3 Å². The van der Waals surface area contributed by atoms with E-state index in [4.69, 9.17) is 0 Å². The van der Waals surface area contributed by atoms with Crippen LogP contribution >= 0.6 is 11.3 Å². The zero-order valence-electron chi connectivity index (χ0n) is 21.0. The Morgan fingerprint density at radius 1 is 0.385 bits per heavy atom. The van der Waals surface area contributed by atoms with Gasteiger partial charge in [0.2, 0.25) is 0 Å². The number of hydrogen-bond acceptors (Lipinski definition) is 1. The molecule has 3 heteroatoms. The molecule has 6 aromatic carbocycles. The molecule has 0 fully saturated rings. The third-order valence-electron chi connectivity index (χ3n) is 8.10. The van der Waals surface area contributed by atoms with Crippen LogP contribution in [0.1, 0.15) is 0 Å². The molecule has 0 aliphatic carbocycles. The molecule has 0 amide bonds. The van der Waals surface area contributed by atoms with Crippen molar-refractivity contribution < 1.29 is 0 Å². The Balaban J connectivity index is 1.48. The number of thiophene rings is 1. The molecule has 0 saturated heterocycles. The number of fused-ring (bicyclic) bond motifs is 9. The lowest BCUT2D eigenvalue weighted by Crippen LogP contribution is -1.96. The Kier molecular flexibility index (Phi) is 4.24. The molecule has 182 valence electrons. The fourth-order valence-corrected chi connectivity index (χ4v) is 7.62. The van der Waals surface area contributed by atoms with Crippen LogP contribution in [0.3, 0.4) is 0 Å². The molecule has 3 heterocycles. The first-order valence-corrected chi connectivity index (χ1v) is 14.1. The van der Waals surface area contributed by atoms with E-state index < -0.39 is 0 Å². The van der Waals surface area contributed by atoms with Gasteiger partial charge in [-0.2, -0.15) is 0 Å². The van der Waals surface area contributed by atoms with E-state index in [0.717, 1.165) is 0 Å². The molecule has 0 N–H and O–H groups in total. The van der Waals surface area contributed by atoms with Crippen molar-refractivity contribution in [1.29, 1.82) is 0 Å². The van der Waals surface area contributed by atoms with Crippen LogP contribution in [-0.4, -0.2) is 9.13 Å². The molecule has 0 aliphatic rings. The molecule has 0 unspecified atom stereocenters. The van der Waals surface area contributed by atoms with Crippen molar-refractivity contribution in [2.75, 3.05) is 0 Å². The van der Waals surface area contributed by atoms with Crippen molar-refractivity contribution in [3.05, 3.63) is 133 Å². The van der Waals surface area contributed by atoms with Crippen LogP contribution in [0.15, 0.2) is 133 Å². The van der Waals surface area contributed by atoms with Crippen LogP contribution in [0.4, 0.5) is 0 Å². The Morgan fingerprint density at radius 2 is 1.05 bits per heavy atom.